The molecular weight excluding hydrogens is 330 g/mol. The van der Waals surface area contributed by atoms with Gasteiger partial charge < -0.3 is 10.6 Å². The molecule has 1 atom stereocenters. The number of aryl methyl sites for hydroxylation is 2. The first-order chi connectivity index (χ1) is 12.0. The highest BCUT2D eigenvalue weighted by Crippen LogP contribution is 2.21. The van der Waals surface area contributed by atoms with Gasteiger partial charge in [0.2, 0.25) is 0 Å². The summed E-state index contributed by atoms with van der Waals surface area (Å²) in [5.74, 6) is 0.852. The van der Waals surface area contributed by atoms with Gasteiger partial charge in [0.15, 0.2) is 5.96 Å². The van der Waals surface area contributed by atoms with Crippen LogP contribution in [0.15, 0.2) is 40.2 Å². The molecule has 0 saturated heterocycles. The topological polar surface area (TPSA) is 54.2 Å². The van der Waals surface area contributed by atoms with E-state index in [4.69, 9.17) is 4.99 Å². The van der Waals surface area contributed by atoms with E-state index in [1.54, 1.807) is 0 Å². The van der Waals surface area contributed by atoms with Crippen molar-refractivity contribution in [3.05, 3.63) is 47.3 Å². The number of guanidine groups is 1. The first-order valence-electron chi connectivity index (χ1n) is 8.74. The maximum Gasteiger partial charge on any atom is 0.191 e. The fourth-order valence-electron chi connectivity index (χ4n) is 2.56. The van der Waals surface area contributed by atoms with Crippen molar-refractivity contribution in [3.63, 3.8) is 0 Å². The van der Waals surface area contributed by atoms with E-state index in [-0.39, 0.29) is 0 Å². The van der Waals surface area contributed by atoms with Crippen molar-refractivity contribution >= 4 is 17.7 Å². The molecule has 0 aliphatic carbocycles. The van der Waals surface area contributed by atoms with Crippen LogP contribution >= 0.6 is 11.8 Å². The first-order valence-corrected chi connectivity index (χ1v) is 9.62. The van der Waals surface area contributed by atoms with Gasteiger partial charge in [-0.2, -0.15) is 5.10 Å². The number of aromatic nitrogens is 2. The molecule has 0 spiro atoms. The number of rotatable bonds is 7. The van der Waals surface area contributed by atoms with Gasteiger partial charge in [-0.1, -0.05) is 25.1 Å². The molecule has 6 heteroatoms. The number of nitrogens with one attached hydrogen (secondary N) is 2. The summed E-state index contributed by atoms with van der Waals surface area (Å²) in [6, 6.07) is 10.5. The van der Waals surface area contributed by atoms with Crippen molar-refractivity contribution in [1.82, 2.24) is 20.4 Å². The Labute approximate surface area is 155 Å². The van der Waals surface area contributed by atoms with Crippen LogP contribution in [-0.2, 0) is 13.6 Å². The molecule has 2 N–H and O–H groups in total. The Morgan fingerprint density at radius 3 is 2.56 bits per heavy atom. The van der Waals surface area contributed by atoms with Gasteiger partial charge in [-0.25, -0.2) is 4.99 Å². The Balaban J connectivity index is 1.93. The van der Waals surface area contributed by atoms with E-state index in [0.29, 0.717) is 11.8 Å². The van der Waals surface area contributed by atoms with Gasteiger partial charge in [0.05, 0.1) is 12.2 Å². The number of nitrogens with zero attached hydrogens (tertiary/aromatic N) is 3. The molecule has 1 aromatic heterocycles. The van der Waals surface area contributed by atoms with Crippen molar-refractivity contribution in [2.45, 2.75) is 44.4 Å². The Kier molecular flexibility index (Phi) is 7.37. The number of hydrogen-bond acceptors (Lipinski definition) is 3. The molecule has 0 aliphatic rings. The summed E-state index contributed by atoms with van der Waals surface area (Å²) < 4.78 is 1.92. The zero-order chi connectivity index (χ0) is 18.2. The molecule has 136 valence electrons. The minimum atomic E-state index is 0.452. The Morgan fingerprint density at radius 2 is 1.96 bits per heavy atom. The SMILES string of the molecule is CCNC(=NCc1c(C)nn(C)c1C)NCC(C)Sc1ccccc1. The minimum absolute atomic E-state index is 0.452. The van der Waals surface area contributed by atoms with Crippen molar-refractivity contribution in [2.24, 2.45) is 12.0 Å². The quantitative estimate of drug-likeness (QED) is 0.453. The first kappa shape index (κ1) is 19.4. The molecule has 5 nitrogen and oxygen atoms in total. The van der Waals surface area contributed by atoms with E-state index >= 15 is 0 Å². The number of benzene rings is 1. The largest absolute Gasteiger partial charge is 0.357 e. The average Bonchev–Trinajstić information content (AvgIpc) is 2.83. The second-order valence-electron chi connectivity index (χ2n) is 6.09. The van der Waals surface area contributed by atoms with E-state index in [1.165, 1.54) is 16.2 Å². The van der Waals surface area contributed by atoms with Crippen LogP contribution in [0.5, 0.6) is 0 Å². The van der Waals surface area contributed by atoms with Crippen LogP contribution in [-0.4, -0.2) is 34.1 Å². The van der Waals surface area contributed by atoms with Crippen molar-refractivity contribution in [2.75, 3.05) is 13.1 Å². The third-order valence-corrected chi connectivity index (χ3v) is 5.15. The number of thioether (sulfide) groups is 1. The standard InChI is InChI=1S/C19H29N5S/c1-6-20-19(22-13-18-15(3)23-24(5)16(18)4)21-12-14(2)25-17-10-8-7-9-11-17/h7-11,14H,6,12-13H2,1-5H3,(H2,20,21,22). The minimum Gasteiger partial charge on any atom is -0.357 e. The molecule has 0 bridgehead atoms. The van der Waals surface area contributed by atoms with Crippen molar-refractivity contribution in [1.29, 1.82) is 0 Å². The van der Waals surface area contributed by atoms with Crippen molar-refractivity contribution in [3.8, 4) is 0 Å². The van der Waals surface area contributed by atoms with Crippen LogP contribution in [0.3, 0.4) is 0 Å². The summed E-state index contributed by atoms with van der Waals surface area (Å²) >= 11 is 1.87. The van der Waals surface area contributed by atoms with Gasteiger partial charge >= 0.3 is 0 Å². The van der Waals surface area contributed by atoms with Gasteiger partial charge in [-0.3, -0.25) is 4.68 Å². The van der Waals surface area contributed by atoms with Gasteiger partial charge in [0.1, 0.15) is 0 Å². The molecule has 1 unspecified atom stereocenters. The summed E-state index contributed by atoms with van der Waals surface area (Å²) in [7, 11) is 1.97. The molecule has 2 aromatic rings. The maximum atomic E-state index is 4.73. The van der Waals surface area contributed by atoms with Crippen LogP contribution in [0.2, 0.25) is 0 Å². The lowest BCUT2D eigenvalue weighted by molar-refractivity contribution is 0.730. The highest BCUT2D eigenvalue weighted by Gasteiger charge is 2.10. The predicted molar refractivity (Wildman–Crippen MR) is 107 cm³/mol. The van der Waals surface area contributed by atoms with Crippen LogP contribution in [0.4, 0.5) is 0 Å². The molecule has 0 fully saturated rings. The van der Waals surface area contributed by atoms with Gasteiger partial charge in [-0.15, -0.1) is 11.8 Å². The second-order valence-corrected chi connectivity index (χ2v) is 7.60. The molecule has 1 aromatic carbocycles. The molecule has 0 radical (unpaired) electrons. The second kappa shape index (κ2) is 9.51. The lowest BCUT2D eigenvalue weighted by atomic mass is 10.2. The summed E-state index contributed by atoms with van der Waals surface area (Å²) in [5.41, 5.74) is 3.42. The predicted octanol–water partition coefficient (Wildman–Crippen LogP) is 3.27. The molecule has 25 heavy (non-hydrogen) atoms. The molecule has 0 saturated carbocycles. The highest BCUT2D eigenvalue weighted by atomic mass is 32.2. The lowest BCUT2D eigenvalue weighted by Gasteiger charge is -2.15. The van der Waals surface area contributed by atoms with E-state index in [9.17, 15) is 0 Å². The fraction of sp³-hybridized carbons (Fsp3) is 0.474. The third-order valence-electron chi connectivity index (χ3n) is 4.04. The summed E-state index contributed by atoms with van der Waals surface area (Å²) in [6.45, 7) is 10.8. The maximum absolute atomic E-state index is 4.73. The summed E-state index contributed by atoms with van der Waals surface area (Å²) in [4.78, 5) is 6.02. The van der Waals surface area contributed by atoms with Crippen LogP contribution < -0.4 is 10.6 Å². The van der Waals surface area contributed by atoms with Crippen LogP contribution in [0.25, 0.3) is 0 Å². The Hall–Kier alpha value is -1.95. The fourth-order valence-corrected chi connectivity index (χ4v) is 3.51. The molecule has 2 rings (SSSR count). The van der Waals surface area contributed by atoms with Crippen LogP contribution in [0.1, 0.15) is 30.8 Å². The third kappa shape index (κ3) is 5.81. The lowest BCUT2D eigenvalue weighted by Crippen LogP contribution is -2.40. The van der Waals surface area contributed by atoms with Gasteiger partial charge in [0.25, 0.3) is 0 Å². The Morgan fingerprint density at radius 1 is 1.24 bits per heavy atom. The van der Waals surface area contributed by atoms with Gasteiger partial charge in [0, 0.05) is 41.5 Å². The zero-order valence-corrected chi connectivity index (χ0v) is 16.7. The summed E-state index contributed by atoms with van der Waals surface area (Å²) in [5, 5.41) is 11.7. The van der Waals surface area contributed by atoms with E-state index in [2.05, 4.69) is 60.8 Å². The average molecular weight is 360 g/mol. The number of aliphatic imine (C=N–C) groups is 1. The smallest absolute Gasteiger partial charge is 0.191 e. The van der Waals surface area contributed by atoms with Crippen LogP contribution in [0, 0.1) is 13.8 Å². The zero-order valence-electron chi connectivity index (χ0n) is 15.8. The van der Waals surface area contributed by atoms with E-state index in [1.807, 2.05) is 36.5 Å². The number of hydrogen-bond donors (Lipinski definition) is 2. The van der Waals surface area contributed by atoms with E-state index < -0.39 is 0 Å². The molecule has 1 heterocycles. The highest BCUT2D eigenvalue weighted by molar-refractivity contribution is 8.00. The summed E-state index contributed by atoms with van der Waals surface area (Å²) in [6.07, 6.45) is 0. The normalized spacial score (nSPS) is 12.9. The van der Waals surface area contributed by atoms with E-state index in [0.717, 1.165) is 24.7 Å². The molecule has 0 amide bonds. The monoisotopic (exact) mass is 359 g/mol. The van der Waals surface area contributed by atoms with Crippen molar-refractivity contribution < 1.29 is 0 Å². The van der Waals surface area contributed by atoms with Gasteiger partial charge in [-0.05, 0) is 32.9 Å². The molecule has 0 aliphatic heterocycles. The Bertz CT molecular complexity index is 693. The molecular formula is C19H29N5S.